The summed E-state index contributed by atoms with van der Waals surface area (Å²) in [5, 5.41) is 11.5. The van der Waals surface area contributed by atoms with Crippen molar-refractivity contribution in [3.05, 3.63) is 0 Å². The van der Waals surface area contributed by atoms with Gasteiger partial charge < -0.3 is 24.6 Å². The van der Waals surface area contributed by atoms with E-state index in [1.54, 1.807) is 27.9 Å². The number of aliphatic carboxylic acids is 1. The Morgan fingerprint density at radius 3 is 2.45 bits per heavy atom. The Hall–Kier alpha value is -0.990. The lowest BCUT2D eigenvalue weighted by molar-refractivity contribution is -0.138. The Morgan fingerprint density at radius 2 is 1.91 bits per heavy atom. The molecule has 1 atom stereocenters. The van der Waals surface area contributed by atoms with Gasteiger partial charge in [-0.3, -0.25) is 0 Å². The van der Waals surface area contributed by atoms with Crippen LogP contribution in [-0.4, -0.2) is 67.2 Å². The third-order valence-electron chi connectivity index (χ3n) is 2.28. The van der Waals surface area contributed by atoms with Crippen LogP contribution in [0.3, 0.4) is 0 Å². The number of amides is 1. The zero-order valence-corrected chi connectivity index (χ0v) is 14.5. The van der Waals surface area contributed by atoms with E-state index < -0.39 is 23.7 Å². The summed E-state index contributed by atoms with van der Waals surface area (Å²) in [6.07, 6.45) is 0.0936. The topological polar surface area (TPSA) is 94.1 Å². The summed E-state index contributed by atoms with van der Waals surface area (Å²) in [7, 11) is 1.61. The number of nitrogens with one attached hydrogen (secondary N) is 1. The molecule has 0 bridgehead atoms. The van der Waals surface area contributed by atoms with Crippen molar-refractivity contribution in [2.75, 3.05) is 38.4 Å². The first-order valence-electron chi connectivity index (χ1n) is 7.13. The number of carbonyl (C=O) groups is 2. The number of methoxy groups -OCH3 is 1. The van der Waals surface area contributed by atoms with Gasteiger partial charge in [0.05, 0.1) is 13.2 Å². The van der Waals surface area contributed by atoms with Gasteiger partial charge in [-0.2, -0.15) is 11.8 Å². The number of alkyl carbamates (subject to hydrolysis) is 1. The predicted octanol–water partition coefficient (Wildman–Crippen LogP) is 1.75. The highest BCUT2D eigenvalue weighted by Gasteiger charge is 2.23. The normalized spacial score (nSPS) is 12.7. The second kappa shape index (κ2) is 11.6. The maximum Gasteiger partial charge on any atom is 0.408 e. The average Bonchev–Trinajstić information content (AvgIpc) is 2.38. The van der Waals surface area contributed by atoms with Crippen molar-refractivity contribution in [3.63, 3.8) is 0 Å². The summed E-state index contributed by atoms with van der Waals surface area (Å²) in [4.78, 5) is 22.7. The van der Waals surface area contributed by atoms with Crippen molar-refractivity contribution in [2.45, 2.75) is 38.8 Å². The van der Waals surface area contributed by atoms with Gasteiger partial charge in [0.2, 0.25) is 0 Å². The minimum absolute atomic E-state index is 0.284. The molecule has 22 heavy (non-hydrogen) atoms. The molecule has 0 spiro atoms. The van der Waals surface area contributed by atoms with E-state index in [1.165, 1.54) is 11.8 Å². The largest absolute Gasteiger partial charge is 0.480 e. The molecular weight excluding hydrogens is 310 g/mol. The first-order valence-corrected chi connectivity index (χ1v) is 8.28. The van der Waals surface area contributed by atoms with Crippen LogP contribution in [0.5, 0.6) is 0 Å². The van der Waals surface area contributed by atoms with Crippen molar-refractivity contribution < 1.29 is 28.9 Å². The first-order chi connectivity index (χ1) is 10.3. The van der Waals surface area contributed by atoms with Crippen molar-refractivity contribution in [3.8, 4) is 0 Å². The molecule has 0 aromatic heterocycles. The molecule has 0 fully saturated rings. The zero-order valence-electron chi connectivity index (χ0n) is 13.7. The van der Waals surface area contributed by atoms with E-state index in [4.69, 9.17) is 19.3 Å². The Kier molecular flexibility index (Phi) is 11.0. The van der Waals surface area contributed by atoms with Gasteiger partial charge in [0.25, 0.3) is 0 Å². The van der Waals surface area contributed by atoms with Gasteiger partial charge in [-0.1, -0.05) is 0 Å². The Balaban J connectivity index is 3.87. The number of ether oxygens (including phenoxy) is 3. The molecular formula is C14H27NO6S. The van der Waals surface area contributed by atoms with Crippen molar-refractivity contribution in [1.82, 2.24) is 5.32 Å². The average molecular weight is 337 g/mol. The molecule has 1 amide bonds. The first kappa shape index (κ1) is 21.0. The van der Waals surface area contributed by atoms with Gasteiger partial charge in [-0.25, -0.2) is 9.59 Å². The number of hydrogen-bond donors (Lipinski definition) is 2. The van der Waals surface area contributed by atoms with E-state index in [9.17, 15) is 9.59 Å². The maximum absolute atomic E-state index is 11.6. The molecule has 0 aliphatic carbocycles. The Labute approximate surface area is 136 Å². The number of carbonyl (C=O) groups excluding carboxylic acids is 1. The van der Waals surface area contributed by atoms with Gasteiger partial charge in [0, 0.05) is 19.5 Å². The predicted molar refractivity (Wildman–Crippen MR) is 85.4 cm³/mol. The van der Waals surface area contributed by atoms with Gasteiger partial charge in [0.1, 0.15) is 11.6 Å². The molecule has 2 N–H and O–H groups in total. The molecule has 0 radical (unpaired) electrons. The Bertz CT molecular complexity index is 332. The minimum Gasteiger partial charge on any atom is -0.480 e. The second-order valence-corrected chi connectivity index (χ2v) is 6.72. The van der Waals surface area contributed by atoms with Crippen molar-refractivity contribution in [2.24, 2.45) is 0 Å². The third kappa shape index (κ3) is 12.7. The fourth-order valence-electron chi connectivity index (χ4n) is 1.33. The van der Waals surface area contributed by atoms with E-state index in [-0.39, 0.29) is 5.75 Å². The number of hydrogen-bond acceptors (Lipinski definition) is 6. The van der Waals surface area contributed by atoms with Crippen LogP contribution in [0.25, 0.3) is 0 Å². The summed E-state index contributed by atoms with van der Waals surface area (Å²) < 4.78 is 15.2. The lowest BCUT2D eigenvalue weighted by atomic mass is 10.2. The lowest BCUT2D eigenvalue weighted by Gasteiger charge is -2.21. The van der Waals surface area contributed by atoms with E-state index in [1.807, 2.05) is 0 Å². The molecule has 0 heterocycles. The molecule has 1 unspecified atom stereocenters. The maximum atomic E-state index is 11.6. The van der Waals surface area contributed by atoms with Crippen LogP contribution in [-0.2, 0) is 19.0 Å². The second-order valence-electron chi connectivity index (χ2n) is 5.57. The van der Waals surface area contributed by atoms with Crippen LogP contribution in [0.1, 0.15) is 27.2 Å². The van der Waals surface area contributed by atoms with Crippen LogP contribution in [0.2, 0.25) is 0 Å². The highest BCUT2D eigenvalue weighted by atomic mass is 32.2. The number of rotatable bonds is 11. The molecule has 0 aromatic carbocycles. The van der Waals surface area contributed by atoms with Crippen LogP contribution in [0, 0.1) is 0 Å². The van der Waals surface area contributed by atoms with Gasteiger partial charge >= 0.3 is 12.1 Å². The molecule has 7 nitrogen and oxygen atoms in total. The quantitative estimate of drug-likeness (QED) is 0.555. The van der Waals surface area contributed by atoms with Crippen LogP contribution in [0.4, 0.5) is 4.79 Å². The zero-order chi connectivity index (χ0) is 17.0. The van der Waals surface area contributed by atoms with Crippen LogP contribution >= 0.6 is 11.8 Å². The van der Waals surface area contributed by atoms with Crippen molar-refractivity contribution in [1.29, 1.82) is 0 Å². The monoisotopic (exact) mass is 337 g/mol. The van der Waals surface area contributed by atoms with E-state index in [2.05, 4.69) is 5.32 Å². The van der Waals surface area contributed by atoms with Gasteiger partial charge in [-0.05, 0) is 32.9 Å². The summed E-state index contributed by atoms with van der Waals surface area (Å²) in [5.41, 5.74) is -0.653. The fraction of sp³-hybridized carbons (Fsp3) is 0.857. The van der Waals surface area contributed by atoms with Crippen LogP contribution in [0.15, 0.2) is 0 Å². The molecule has 0 saturated heterocycles. The fourth-order valence-corrected chi connectivity index (χ4v) is 2.28. The van der Waals surface area contributed by atoms with Gasteiger partial charge in [0.15, 0.2) is 0 Å². The minimum atomic E-state index is -1.07. The summed E-state index contributed by atoms with van der Waals surface area (Å²) in [6.45, 7) is 6.89. The number of thioether (sulfide) groups is 1. The lowest BCUT2D eigenvalue weighted by Crippen LogP contribution is -2.45. The highest BCUT2D eigenvalue weighted by molar-refractivity contribution is 7.99. The molecule has 8 heteroatoms. The molecule has 0 saturated carbocycles. The number of carboxylic acids is 1. The third-order valence-corrected chi connectivity index (χ3v) is 3.43. The van der Waals surface area contributed by atoms with Crippen molar-refractivity contribution >= 4 is 23.8 Å². The smallest absolute Gasteiger partial charge is 0.408 e. The summed E-state index contributed by atoms with van der Waals surface area (Å²) >= 11 is 1.45. The molecule has 0 aliphatic heterocycles. The van der Waals surface area contributed by atoms with E-state index in [0.29, 0.717) is 19.8 Å². The summed E-state index contributed by atoms with van der Waals surface area (Å²) in [5.74, 6) is -0.0333. The van der Waals surface area contributed by atoms with E-state index in [0.717, 1.165) is 12.2 Å². The van der Waals surface area contributed by atoms with Crippen LogP contribution < -0.4 is 5.32 Å². The number of carboxylic acid groups (broad SMARTS) is 1. The SMILES string of the molecule is COCCOCCCSCC(NC(=O)OC(C)(C)C)C(=O)O. The Morgan fingerprint density at radius 1 is 1.23 bits per heavy atom. The summed E-state index contributed by atoms with van der Waals surface area (Å²) in [6, 6.07) is -0.964. The van der Waals surface area contributed by atoms with Gasteiger partial charge in [-0.15, -0.1) is 0 Å². The molecule has 0 aliphatic rings. The molecule has 130 valence electrons. The molecule has 0 aromatic rings. The molecule has 0 rings (SSSR count). The van der Waals surface area contributed by atoms with E-state index >= 15 is 0 Å². The standard InChI is InChI=1S/C14H27NO6S/c1-14(2,3)21-13(18)15-11(12(16)17)10-22-9-5-6-20-8-7-19-4/h11H,5-10H2,1-4H3,(H,15,18)(H,16,17). The highest BCUT2D eigenvalue weighted by Crippen LogP contribution is 2.09.